The fourth-order valence-corrected chi connectivity index (χ4v) is 4.99. The minimum Gasteiger partial charge on any atom is -0.497 e. The van der Waals surface area contributed by atoms with Crippen LogP contribution in [0.25, 0.3) is 11.4 Å². The molecule has 1 aliphatic carbocycles. The van der Waals surface area contributed by atoms with Gasteiger partial charge in [-0.1, -0.05) is 29.3 Å². The predicted octanol–water partition coefficient (Wildman–Crippen LogP) is 5.31. The van der Waals surface area contributed by atoms with Crippen LogP contribution in [0.1, 0.15) is 28.9 Å². The van der Waals surface area contributed by atoms with Gasteiger partial charge in [0.15, 0.2) is 0 Å². The van der Waals surface area contributed by atoms with E-state index in [0.717, 1.165) is 60.2 Å². The number of ether oxygens (including phenoxy) is 1. The number of hydrogen-bond acceptors (Lipinski definition) is 3. The van der Waals surface area contributed by atoms with Crippen molar-refractivity contribution in [3.63, 3.8) is 0 Å². The van der Waals surface area contributed by atoms with Crippen LogP contribution in [0.15, 0.2) is 36.4 Å². The smallest absolute Gasteiger partial charge is 0.139 e. The van der Waals surface area contributed by atoms with Gasteiger partial charge in [0, 0.05) is 36.1 Å². The second kappa shape index (κ2) is 7.67. The lowest BCUT2D eigenvalue weighted by molar-refractivity contribution is 0.160. The number of hydrogen-bond donors (Lipinski definition) is 1. The summed E-state index contributed by atoms with van der Waals surface area (Å²) in [6.07, 6.45) is 4.32. The second-order valence-corrected chi connectivity index (χ2v) is 8.73. The standard InChI is InChI=1S/C23H23Cl2N3O/c1-29-18-6-7-20(25)19(12-18)23-26-21-8-9-28(13-22(21)27-23)17-5-3-14-2-4-16(24)10-15(14)11-17/h2,4,6-7,10,12,17H,3,5,8-9,11,13H2,1H3,(H,26,27). The maximum Gasteiger partial charge on any atom is 0.139 e. The molecular weight excluding hydrogens is 405 g/mol. The molecule has 0 amide bonds. The highest BCUT2D eigenvalue weighted by Crippen LogP contribution is 2.33. The summed E-state index contributed by atoms with van der Waals surface area (Å²) < 4.78 is 5.35. The van der Waals surface area contributed by atoms with E-state index < -0.39 is 0 Å². The summed E-state index contributed by atoms with van der Waals surface area (Å²) in [5.74, 6) is 1.60. The van der Waals surface area contributed by atoms with E-state index in [-0.39, 0.29) is 0 Å². The van der Waals surface area contributed by atoms with E-state index in [9.17, 15) is 0 Å². The Hall–Kier alpha value is -2.01. The molecule has 2 aliphatic rings. The first kappa shape index (κ1) is 19.0. The van der Waals surface area contributed by atoms with Crippen LogP contribution >= 0.6 is 23.2 Å². The van der Waals surface area contributed by atoms with E-state index in [1.54, 1.807) is 7.11 Å². The van der Waals surface area contributed by atoms with Crippen molar-refractivity contribution >= 4 is 23.2 Å². The summed E-state index contributed by atoms with van der Waals surface area (Å²) in [4.78, 5) is 11.0. The number of rotatable bonds is 3. The molecule has 0 bridgehead atoms. The molecule has 1 aromatic heterocycles. The molecule has 0 spiro atoms. The first-order chi connectivity index (χ1) is 14.1. The summed E-state index contributed by atoms with van der Waals surface area (Å²) in [5, 5.41) is 1.51. The molecular formula is C23H23Cl2N3O. The number of H-pyrrole nitrogens is 1. The molecule has 1 aliphatic heterocycles. The SMILES string of the molecule is COc1ccc(Cl)c(-c2nc3c([nH]2)CN(C2CCc4ccc(Cl)cc4C2)CC3)c1. The molecule has 150 valence electrons. The van der Waals surface area contributed by atoms with E-state index in [0.29, 0.717) is 11.1 Å². The van der Waals surface area contributed by atoms with Gasteiger partial charge in [-0.05, 0) is 60.7 Å². The Labute approximate surface area is 180 Å². The minimum absolute atomic E-state index is 0.543. The quantitative estimate of drug-likeness (QED) is 0.615. The number of methoxy groups -OCH3 is 1. The number of nitrogens with zero attached hydrogens (tertiary/aromatic N) is 2. The molecule has 1 N–H and O–H groups in total. The van der Waals surface area contributed by atoms with Crippen LogP contribution in [-0.2, 0) is 25.8 Å². The summed E-state index contributed by atoms with van der Waals surface area (Å²) in [6, 6.07) is 12.5. The van der Waals surface area contributed by atoms with Crippen LogP contribution in [-0.4, -0.2) is 34.6 Å². The Morgan fingerprint density at radius 2 is 2.00 bits per heavy atom. The van der Waals surface area contributed by atoms with Crippen molar-refractivity contribution in [1.29, 1.82) is 0 Å². The molecule has 0 radical (unpaired) electrons. The average Bonchev–Trinajstić information content (AvgIpc) is 3.16. The van der Waals surface area contributed by atoms with E-state index in [1.165, 1.54) is 23.2 Å². The number of aromatic nitrogens is 2. The molecule has 4 nitrogen and oxygen atoms in total. The van der Waals surface area contributed by atoms with Crippen molar-refractivity contribution in [1.82, 2.24) is 14.9 Å². The molecule has 2 heterocycles. The number of aromatic amines is 1. The van der Waals surface area contributed by atoms with Gasteiger partial charge in [-0.15, -0.1) is 0 Å². The zero-order valence-electron chi connectivity index (χ0n) is 16.3. The Bertz CT molecular complexity index is 1060. The number of halogens is 2. The van der Waals surface area contributed by atoms with Crippen molar-refractivity contribution < 1.29 is 4.74 Å². The summed E-state index contributed by atoms with van der Waals surface area (Å²) in [6.45, 7) is 1.92. The van der Waals surface area contributed by atoms with Crippen LogP contribution in [0.4, 0.5) is 0 Å². The number of benzene rings is 2. The average molecular weight is 428 g/mol. The van der Waals surface area contributed by atoms with Crippen LogP contribution in [0.3, 0.4) is 0 Å². The lowest BCUT2D eigenvalue weighted by atomic mass is 9.87. The highest BCUT2D eigenvalue weighted by molar-refractivity contribution is 6.33. The third kappa shape index (κ3) is 3.65. The van der Waals surface area contributed by atoms with Gasteiger partial charge in [0.05, 0.1) is 23.5 Å². The molecule has 0 saturated heterocycles. The number of nitrogens with one attached hydrogen (secondary N) is 1. The lowest BCUT2D eigenvalue weighted by Crippen LogP contribution is -2.42. The van der Waals surface area contributed by atoms with Gasteiger partial charge in [0.25, 0.3) is 0 Å². The van der Waals surface area contributed by atoms with Crippen molar-refractivity contribution in [3.05, 3.63) is 69.0 Å². The van der Waals surface area contributed by atoms with Crippen molar-refractivity contribution in [2.45, 2.75) is 38.3 Å². The van der Waals surface area contributed by atoms with Gasteiger partial charge in [-0.25, -0.2) is 4.98 Å². The summed E-state index contributed by atoms with van der Waals surface area (Å²) in [5.41, 5.74) is 6.07. The first-order valence-corrected chi connectivity index (χ1v) is 10.8. The van der Waals surface area contributed by atoms with Crippen molar-refractivity contribution in [2.24, 2.45) is 0 Å². The Morgan fingerprint density at radius 3 is 2.86 bits per heavy atom. The van der Waals surface area contributed by atoms with Gasteiger partial charge < -0.3 is 9.72 Å². The van der Waals surface area contributed by atoms with Crippen LogP contribution in [0.2, 0.25) is 10.0 Å². The Kier molecular flexibility index (Phi) is 5.02. The van der Waals surface area contributed by atoms with Crippen molar-refractivity contribution in [3.8, 4) is 17.1 Å². The van der Waals surface area contributed by atoms with Crippen molar-refractivity contribution in [2.75, 3.05) is 13.7 Å². The third-order valence-electron chi connectivity index (χ3n) is 6.18. The topological polar surface area (TPSA) is 41.1 Å². The number of aryl methyl sites for hydroxylation is 1. The Morgan fingerprint density at radius 1 is 1.10 bits per heavy atom. The minimum atomic E-state index is 0.543. The molecule has 5 rings (SSSR count). The normalized spacial score (nSPS) is 18.9. The molecule has 1 unspecified atom stereocenters. The highest BCUT2D eigenvalue weighted by Gasteiger charge is 2.29. The molecule has 0 fully saturated rings. The Balaban J connectivity index is 1.37. The van der Waals surface area contributed by atoms with Gasteiger partial charge in [0.2, 0.25) is 0 Å². The second-order valence-electron chi connectivity index (χ2n) is 7.89. The van der Waals surface area contributed by atoms with Gasteiger partial charge >= 0.3 is 0 Å². The maximum absolute atomic E-state index is 6.43. The predicted molar refractivity (Wildman–Crippen MR) is 117 cm³/mol. The monoisotopic (exact) mass is 427 g/mol. The maximum atomic E-state index is 6.43. The van der Waals surface area contributed by atoms with Crippen LogP contribution in [0.5, 0.6) is 5.75 Å². The zero-order valence-corrected chi connectivity index (χ0v) is 17.9. The molecule has 0 saturated carbocycles. The van der Waals surface area contributed by atoms with Gasteiger partial charge in [-0.2, -0.15) is 0 Å². The fraction of sp³-hybridized carbons (Fsp3) is 0.348. The van der Waals surface area contributed by atoms with E-state index in [2.05, 4.69) is 22.0 Å². The van der Waals surface area contributed by atoms with Crippen LogP contribution < -0.4 is 4.74 Å². The van der Waals surface area contributed by atoms with E-state index in [1.807, 2.05) is 24.3 Å². The molecule has 1 atom stereocenters. The third-order valence-corrected chi connectivity index (χ3v) is 6.74. The zero-order chi connectivity index (χ0) is 20.0. The van der Waals surface area contributed by atoms with E-state index in [4.69, 9.17) is 32.9 Å². The highest BCUT2D eigenvalue weighted by atomic mass is 35.5. The largest absolute Gasteiger partial charge is 0.497 e. The number of imidazole rings is 1. The lowest BCUT2D eigenvalue weighted by Gasteiger charge is -2.37. The molecule has 2 aromatic carbocycles. The van der Waals surface area contributed by atoms with Gasteiger partial charge in [-0.3, -0.25) is 4.90 Å². The van der Waals surface area contributed by atoms with E-state index >= 15 is 0 Å². The fourth-order valence-electron chi connectivity index (χ4n) is 4.58. The number of fused-ring (bicyclic) bond motifs is 2. The summed E-state index contributed by atoms with van der Waals surface area (Å²) in [7, 11) is 1.66. The molecule has 3 aromatic rings. The van der Waals surface area contributed by atoms with Crippen LogP contribution in [0, 0.1) is 0 Å². The molecule has 29 heavy (non-hydrogen) atoms. The van der Waals surface area contributed by atoms with Gasteiger partial charge in [0.1, 0.15) is 11.6 Å². The molecule has 6 heteroatoms. The first-order valence-electron chi connectivity index (χ1n) is 10.0. The summed E-state index contributed by atoms with van der Waals surface area (Å²) >= 11 is 12.7.